The van der Waals surface area contributed by atoms with E-state index in [-0.39, 0.29) is 11.3 Å². The molecule has 0 bridgehead atoms. The van der Waals surface area contributed by atoms with Crippen LogP contribution in [0, 0.1) is 6.92 Å². The molecule has 1 aromatic carbocycles. The summed E-state index contributed by atoms with van der Waals surface area (Å²) in [5.41, 5.74) is 2.76. The summed E-state index contributed by atoms with van der Waals surface area (Å²) >= 11 is 5.90. The Hall–Kier alpha value is -2.07. The molecule has 1 aromatic heterocycles. The number of halogens is 1. The van der Waals surface area contributed by atoms with E-state index in [1.54, 1.807) is 18.2 Å². The molecule has 5 heteroatoms. The summed E-state index contributed by atoms with van der Waals surface area (Å²) in [5.74, 6) is 0.885. The fraction of sp³-hybridized carbons (Fsp3) is 0.333. The molecule has 1 saturated heterocycles. The molecule has 1 spiro atoms. The van der Waals surface area contributed by atoms with Gasteiger partial charge in [0.25, 0.3) is 5.91 Å². The number of benzene rings is 1. The minimum Gasteiger partial charge on any atom is -0.492 e. The van der Waals surface area contributed by atoms with Crippen LogP contribution in [0.3, 0.4) is 0 Å². The molecule has 0 aliphatic carbocycles. The van der Waals surface area contributed by atoms with E-state index in [1.165, 1.54) is 11.1 Å². The van der Waals surface area contributed by atoms with Gasteiger partial charge in [-0.2, -0.15) is 0 Å². The van der Waals surface area contributed by atoms with Crippen LogP contribution in [-0.4, -0.2) is 35.5 Å². The van der Waals surface area contributed by atoms with Crippen LogP contribution < -0.4 is 4.74 Å². The number of ether oxygens (including phenoxy) is 1. The third-order valence-corrected chi connectivity index (χ3v) is 5.00. The van der Waals surface area contributed by atoms with Crippen molar-refractivity contribution in [1.29, 1.82) is 0 Å². The van der Waals surface area contributed by atoms with Gasteiger partial charge in [0.15, 0.2) is 0 Å². The largest absolute Gasteiger partial charge is 0.492 e. The Kier molecular flexibility index (Phi) is 3.31. The minimum atomic E-state index is -0.0877. The highest BCUT2D eigenvalue weighted by Crippen LogP contribution is 2.45. The molecule has 2 aliphatic rings. The van der Waals surface area contributed by atoms with E-state index in [0.29, 0.717) is 30.5 Å². The lowest BCUT2D eigenvalue weighted by Crippen LogP contribution is -2.35. The average molecular weight is 329 g/mol. The van der Waals surface area contributed by atoms with Gasteiger partial charge in [-0.15, -0.1) is 0 Å². The number of aryl methyl sites for hydroxylation is 1. The second-order valence-electron chi connectivity index (χ2n) is 6.39. The van der Waals surface area contributed by atoms with E-state index < -0.39 is 0 Å². The molecule has 4 nitrogen and oxygen atoms in total. The Bertz CT molecular complexity index is 792. The van der Waals surface area contributed by atoms with E-state index >= 15 is 0 Å². The summed E-state index contributed by atoms with van der Waals surface area (Å²) in [6, 6.07) is 11.4. The van der Waals surface area contributed by atoms with Gasteiger partial charge in [0.05, 0.1) is 12.0 Å². The van der Waals surface area contributed by atoms with Crippen LogP contribution in [0.2, 0.25) is 5.15 Å². The molecule has 0 saturated carbocycles. The van der Waals surface area contributed by atoms with E-state index in [0.717, 1.165) is 12.2 Å². The van der Waals surface area contributed by atoms with Gasteiger partial charge in [-0.05, 0) is 31.5 Å². The number of aromatic nitrogens is 1. The lowest BCUT2D eigenvalue weighted by molar-refractivity contribution is 0.0775. The highest BCUT2D eigenvalue weighted by atomic mass is 35.5. The molecule has 118 valence electrons. The summed E-state index contributed by atoms with van der Waals surface area (Å²) in [6.45, 7) is 4.10. The number of carbonyl (C=O) groups is 1. The number of hydrogen-bond acceptors (Lipinski definition) is 3. The Morgan fingerprint density at radius 3 is 3.04 bits per heavy atom. The number of hydrogen-bond donors (Lipinski definition) is 0. The van der Waals surface area contributed by atoms with Gasteiger partial charge in [-0.3, -0.25) is 4.79 Å². The Morgan fingerprint density at radius 2 is 2.22 bits per heavy atom. The quantitative estimate of drug-likeness (QED) is 0.755. The van der Waals surface area contributed by atoms with E-state index in [2.05, 4.69) is 24.0 Å². The predicted octanol–water partition coefficient (Wildman–Crippen LogP) is 3.22. The highest BCUT2D eigenvalue weighted by molar-refractivity contribution is 6.29. The molecule has 1 fully saturated rings. The third-order valence-electron chi connectivity index (χ3n) is 4.79. The summed E-state index contributed by atoms with van der Waals surface area (Å²) in [7, 11) is 0. The molecule has 4 rings (SSSR count). The van der Waals surface area contributed by atoms with Crippen LogP contribution in [0.4, 0.5) is 0 Å². The van der Waals surface area contributed by atoms with Crippen LogP contribution in [0.1, 0.15) is 28.0 Å². The molecule has 0 N–H and O–H groups in total. The predicted molar refractivity (Wildman–Crippen MR) is 88.1 cm³/mol. The normalized spacial score (nSPS) is 22.3. The second-order valence-corrected chi connectivity index (χ2v) is 6.78. The van der Waals surface area contributed by atoms with Gasteiger partial charge in [0.1, 0.15) is 16.6 Å². The van der Waals surface area contributed by atoms with Crippen molar-refractivity contribution in [2.75, 3.05) is 19.7 Å². The number of pyridine rings is 1. The standard InChI is InChI=1S/C18H17ClN2O2/c1-12-5-6-15-13(9-12)18(11-23-15)7-8-21(10-18)17(22)14-3-2-4-16(19)20-14/h2-6,9H,7-8,10-11H2,1H3. The van der Waals surface area contributed by atoms with Gasteiger partial charge in [0, 0.05) is 18.7 Å². The van der Waals surface area contributed by atoms with Crippen molar-refractivity contribution in [3.8, 4) is 5.75 Å². The number of fused-ring (bicyclic) bond motifs is 2. The topological polar surface area (TPSA) is 42.4 Å². The second kappa shape index (κ2) is 5.24. The molecule has 23 heavy (non-hydrogen) atoms. The summed E-state index contributed by atoms with van der Waals surface area (Å²) in [5, 5.41) is 0.343. The first-order chi connectivity index (χ1) is 11.1. The summed E-state index contributed by atoms with van der Waals surface area (Å²) in [4.78, 5) is 18.7. The van der Waals surface area contributed by atoms with Gasteiger partial charge in [0.2, 0.25) is 0 Å². The zero-order valence-electron chi connectivity index (χ0n) is 12.9. The Morgan fingerprint density at radius 1 is 1.35 bits per heavy atom. The number of rotatable bonds is 1. The molecule has 1 unspecified atom stereocenters. The maximum atomic E-state index is 12.7. The third kappa shape index (κ3) is 2.38. The molecule has 1 atom stereocenters. The monoisotopic (exact) mass is 328 g/mol. The first kappa shape index (κ1) is 14.5. The molecule has 1 amide bonds. The van der Waals surface area contributed by atoms with E-state index in [4.69, 9.17) is 16.3 Å². The van der Waals surface area contributed by atoms with Gasteiger partial charge in [-0.25, -0.2) is 4.98 Å². The van der Waals surface area contributed by atoms with Gasteiger partial charge >= 0.3 is 0 Å². The lowest BCUT2D eigenvalue weighted by Gasteiger charge is -2.23. The fourth-order valence-corrected chi connectivity index (χ4v) is 3.71. The van der Waals surface area contributed by atoms with E-state index in [1.807, 2.05) is 11.0 Å². The maximum absolute atomic E-state index is 12.7. The number of nitrogens with zero attached hydrogens (tertiary/aromatic N) is 2. The Balaban J connectivity index is 1.61. The number of carbonyl (C=O) groups excluding carboxylic acids is 1. The first-order valence-corrected chi connectivity index (χ1v) is 8.11. The zero-order valence-corrected chi connectivity index (χ0v) is 13.6. The molecule has 0 radical (unpaired) electrons. The zero-order chi connectivity index (χ0) is 16.0. The van der Waals surface area contributed by atoms with Crippen molar-refractivity contribution in [3.63, 3.8) is 0 Å². The average Bonchev–Trinajstić information content (AvgIpc) is 3.13. The molecule has 3 heterocycles. The highest BCUT2D eigenvalue weighted by Gasteiger charge is 2.47. The molecular weight excluding hydrogens is 312 g/mol. The van der Waals surface area contributed by atoms with Crippen molar-refractivity contribution in [1.82, 2.24) is 9.88 Å². The lowest BCUT2D eigenvalue weighted by atomic mass is 9.81. The van der Waals surface area contributed by atoms with Crippen LogP contribution >= 0.6 is 11.6 Å². The van der Waals surface area contributed by atoms with Crippen LogP contribution in [0.15, 0.2) is 36.4 Å². The van der Waals surface area contributed by atoms with Crippen LogP contribution in [0.5, 0.6) is 5.75 Å². The van der Waals surface area contributed by atoms with Gasteiger partial charge in [-0.1, -0.05) is 35.4 Å². The van der Waals surface area contributed by atoms with Crippen molar-refractivity contribution in [2.45, 2.75) is 18.8 Å². The van der Waals surface area contributed by atoms with Crippen molar-refractivity contribution in [2.24, 2.45) is 0 Å². The molecule has 2 aromatic rings. The number of likely N-dealkylation sites (tertiary alicyclic amines) is 1. The van der Waals surface area contributed by atoms with Crippen molar-refractivity contribution < 1.29 is 9.53 Å². The SMILES string of the molecule is Cc1ccc2c(c1)C1(CCN(C(=O)c3cccc(Cl)n3)C1)CO2. The summed E-state index contributed by atoms with van der Waals surface area (Å²) in [6.07, 6.45) is 0.912. The van der Waals surface area contributed by atoms with Gasteiger partial charge < -0.3 is 9.64 Å². The van der Waals surface area contributed by atoms with Crippen LogP contribution in [-0.2, 0) is 5.41 Å². The smallest absolute Gasteiger partial charge is 0.272 e. The minimum absolute atomic E-state index is 0.0644. The maximum Gasteiger partial charge on any atom is 0.272 e. The summed E-state index contributed by atoms with van der Waals surface area (Å²) < 4.78 is 5.87. The molecule has 2 aliphatic heterocycles. The van der Waals surface area contributed by atoms with E-state index in [9.17, 15) is 4.79 Å². The first-order valence-electron chi connectivity index (χ1n) is 7.73. The fourth-order valence-electron chi connectivity index (χ4n) is 3.55. The molecular formula is C18H17ClN2O2. The van der Waals surface area contributed by atoms with Crippen LogP contribution in [0.25, 0.3) is 0 Å². The van der Waals surface area contributed by atoms with Crippen molar-refractivity contribution in [3.05, 3.63) is 58.4 Å². The number of amides is 1. The van der Waals surface area contributed by atoms with Crippen molar-refractivity contribution >= 4 is 17.5 Å². The Labute approximate surface area is 140 Å².